The SMILES string of the molecule is CCCCC/C=C\C/C=C\CCCCCCCC(=O)OC(CO)COP(=O)(O)OCC(CO)OC(=O)CCCCCCC/C=C\CCCCCCCCC. The molecule has 10 nitrogen and oxygen atoms in total. The number of aliphatic hydroxyl groups is 2. The number of carbonyl (C=O) groups is 2. The molecule has 0 aromatic heterocycles. The molecular formula is C43H79O10P. The van der Waals surface area contributed by atoms with Gasteiger partial charge in [0.25, 0.3) is 0 Å². The summed E-state index contributed by atoms with van der Waals surface area (Å²) in [5, 5.41) is 19.1. The predicted octanol–water partition coefficient (Wildman–Crippen LogP) is 11.2. The van der Waals surface area contributed by atoms with Crippen molar-refractivity contribution in [3.63, 3.8) is 0 Å². The quantitative estimate of drug-likeness (QED) is 0.0237. The molecule has 0 saturated heterocycles. The average molecular weight is 787 g/mol. The van der Waals surface area contributed by atoms with Gasteiger partial charge in [0.1, 0.15) is 12.2 Å². The highest BCUT2D eigenvalue weighted by atomic mass is 31.2. The van der Waals surface area contributed by atoms with Gasteiger partial charge < -0.3 is 24.6 Å². The van der Waals surface area contributed by atoms with Crippen LogP contribution in [0.2, 0.25) is 0 Å². The van der Waals surface area contributed by atoms with E-state index in [2.05, 4.69) is 50.3 Å². The van der Waals surface area contributed by atoms with E-state index < -0.39 is 58.4 Å². The van der Waals surface area contributed by atoms with Crippen LogP contribution in [0.5, 0.6) is 0 Å². The first kappa shape index (κ1) is 52.2. The van der Waals surface area contributed by atoms with E-state index in [1.54, 1.807) is 0 Å². The zero-order valence-electron chi connectivity index (χ0n) is 34.2. The van der Waals surface area contributed by atoms with Gasteiger partial charge in [0.2, 0.25) is 0 Å². The fourth-order valence-electron chi connectivity index (χ4n) is 5.73. The molecule has 316 valence electrons. The number of phosphoric ester groups is 1. The lowest BCUT2D eigenvalue weighted by Gasteiger charge is -2.20. The lowest BCUT2D eigenvalue weighted by atomic mass is 10.1. The van der Waals surface area contributed by atoms with Crippen LogP contribution >= 0.6 is 7.82 Å². The molecule has 0 aliphatic heterocycles. The smallest absolute Gasteiger partial charge is 0.457 e. The van der Waals surface area contributed by atoms with Crippen LogP contribution in [-0.2, 0) is 32.7 Å². The second-order valence-corrected chi connectivity index (χ2v) is 15.8. The molecule has 0 saturated carbocycles. The van der Waals surface area contributed by atoms with E-state index in [0.29, 0.717) is 12.8 Å². The zero-order chi connectivity index (χ0) is 39.8. The summed E-state index contributed by atoms with van der Waals surface area (Å²) in [5.74, 6) is -1.04. The van der Waals surface area contributed by atoms with Gasteiger partial charge in [-0.3, -0.25) is 18.6 Å². The second kappa shape index (κ2) is 39.4. The molecule has 0 fully saturated rings. The van der Waals surface area contributed by atoms with E-state index in [-0.39, 0.29) is 12.8 Å². The van der Waals surface area contributed by atoms with Gasteiger partial charge >= 0.3 is 19.8 Å². The fraction of sp³-hybridized carbons (Fsp3) is 0.814. The first-order valence-corrected chi connectivity index (χ1v) is 22.9. The number of phosphoric acid groups is 1. The van der Waals surface area contributed by atoms with E-state index in [1.807, 2.05) is 0 Å². The summed E-state index contributed by atoms with van der Waals surface area (Å²) in [6, 6.07) is 0. The minimum atomic E-state index is -4.64. The van der Waals surface area contributed by atoms with Crippen molar-refractivity contribution in [2.45, 2.75) is 199 Å². The van der Waals surface area contributed by atoms with E-state index in [0.717, 1.165) is 83.5 Å². The number of esters is 2. The number of aliphatic hydroxyl groups excluding tert-OH is 2. The summed E-state index contributed by atoms with van der Waals surface area (Å²) < 4.78 is 32.5. The van der Waals surface area contributed by atoms with Crippen LogP contribution in [-0.4, -0.2) is 65.7 Å². The molecule has 11 heteroatoms. The van der Waals surface area contributed by atoms with Crippen molar-refractivity contribution in [1.82, 2.24) is 0 Å². The third kappa shape index (κ3) is 37.1. The van der Waals surface area contributed by atoms with Gasteiger partial charge in [0.05, 0.1) is 26.4 Å². The fourth-order valence-corrected chi connectivity index (χ4v) is 6.51. The largest absolute Gasteiger partial charge is 0.472 e. The second-order valence-electron chi connectivity index (χ2n) is 14.3. The van der Waals surface area contributed by atoms with E-state index >= 15 is 0 Å². The van der Waals surface area contributed by atoms with Crippen LogP contribution in [0.25, 0.3) is 0 Å². The van der Waals surface area contributed by atoms with Crippen molar-refractivity contribution < 1.29 is 47.8 Å². The summed E-state index contributed by atoms with van der Waals surface area (Å²) >= 11 is 0. The molecule has 0 aromatic carbocycles. The Kier molecular flexibility index (Phi) is 38.1. The molecule has 0 rings (SSSR count). The summed E-state index contributed by atoms with van der Waals surface area (Å²) in [7, 11) is -4.64. The van der Waals surface area contributed by atoms with Gasteiger partial charge in [-0.2, -0.15) is 0 Å². The Morgan fingerprint density at radius 1 is 0.500 bits per heavy atom. The van der Waals surface area contributed by atoms with Crippen LogP contribution in [0.1, 0.15) is 187 Å². The van der Waals surface area contributed by atoms with Crippen molar-refractivity contribution in [3.05, 3.63) is 36.5 Å². The standard InChI is InChI=1S/C43H79O10P/c1-3-5-7-9-11-13-15-17-19-21-23-25-27-29-31-33-35-43(47)53-41(37-45)39-51-54(48,49)50-38-40(36-44)52-42(46)34-32-30-28-26-24-22-20-18-16-14-12-10-8-6-4-2/h12,14,18-21,40-41,44-45H,3-11,13,15-17,22-39H2,1-2H3,(H,48,49)/b14-12-,20-18-,21-19-. The lowest BCUT2D eigenvalue weighted by Crippen LogP contribution is -2.28. The Balaban J connectivity index is 3.96. The summed E-state index contributed by atoms with van der Waals surface area (Å²) in [4.78, 5) is 34.5. The minimum absolute atomic E-state index is 0.175. The van der Waals surface area contributed by atoms with Gasteiger partial charge in [-0.1, -0.05) is 140 Å². The average Bonchev–Trinajstić information content (AvgIpc) is 3.16. The molecule has 0 bridgehead atoms. The van der Waals surface area contributed by atoms with Crippen LogP contribution in [0, 0.1) is 0 Å². The molecule has 0 spiro atoms. The Labute approximate surface area is 329 Å². The molecule has 54 heavy (non-hydrogen) atoms. The molecule has 3 unspecified atom stereocenters. The van der Waals surface area contributed by atoms with Gasteiger partial charge in [-0.25, -0.2) is 4.57 Å². The van der Waals surface area contributed by atoms with Gasteiger partial charge in [0.15, 0.2) is 0 Å². The highest BCUT2D eigenvalue weighted by Gasteiger charge is 2.27. The van der Waals surface area contributed by atoms with E-state index in [1.165, 1.54) is 64.2 Å². The topological polar surface area (TPSA) is 149 Å². The van der Waals surface area contributed by atoms with Crippen molar-refractivity contribution in [2.75, 3.05) is 26.4 Å². The summed E-state index contributed by atoms with van der Waals surface area (Å²) in [6.45, 7) is 2.15. The van der Waals surface area contributed by atoms with Crippen molar-refractivity contribution in [3.8, 4) is 0 Å². The number of hydrogen-bond acceptors (Lipinski definition) is 9. The Morgan fingerprint density at radius 2 is 0.815 bits per heavy atom. The highest BCUT2D eigenvalue weighted by molar-refractivity contribution is 7.47. The van der Waals surface area contributed by atoms with Crippen LogP contribution in [0.4, 0.5) is 0 Å². The predicted molar refractivity (Wildman–Crippen MR) is 219 cm³/mol. The first-order valence-electron chi connectivity index (χ1n) is 21.4. The Hall–Kier alpha value is -1.81. The van der Waals surface area contributed by atoms with E-state index in [9.17, 15) is 29.3 Å². The normalized spacial score (nSPS) is 14.2. The maximum atomic E-state index is 12.3. The van der Waals surface area contributed by atoms with Gasteiger partial charge in [-0.15, -0.1) is 0 Å². The van der Waals surface area contributed by atoms with E-state index in [4.69, 9.17) is 18.5 Å². The highest BCUT2D eigenvalue weighted by Crippen LogP contribution is 2.43. The number of hydrogen-bond donors (Lipinski definition) is 3. The summed E-state index contributed by atoms with van der Waals surface area (Å²) in [5.41, 5.74) is 0. The Morgan fingerprint density at radius 3 is 1.20 bits per heavy atom. The maximum absolute atomic E-state index is 12.3. The Bertz CT molecular complexity index is 999. The zero-order valence-corrected chi connectivity index (χ0v) is 35.1. The summed E-state index contributed by atoms with van der Waals surface area (Å²) in [6.07, 6.45) is 39.7. The number of ether oxygens (including phenoxy) is 2. The van der Waals surface area contributed by atoms with Gasteiger partial charge in [0, 0.05) is 12.8 Å². The van der Waals surface area contributed by atoms with Gasteiger partial charge in [-0.05, 0) is 70.6 Å². The van der Waals surface area contributed by atoms with Crippen LogP contribution < -0.4 is 0 Å². The van der Waals surface area contributed by atoms with Crippen molar-refractivity contribution in [1.29, 1.82) is 0 Å². The molecular weight excluding hydrogens is 707 g/mol. The van der Waals surface area contributed by atoms with Crippen LogP contribution in [0.15, 0.2) is 36.5 Å². The number of carbonyl (C=O) groups excluding carboxylic acids is 2. The third-order valence-corrected chi connectivity index (χ3v) is 10.0. The monoisotopic (exact) mass is 787 g/mol. The van der Waals surface area contributed by atoms with Crippen molar-refractivity contribution in [2.24, 2.45) is 0 Å². The molecule has 0 heterocycles. The molecule has 0 radical (unpaired) electrons. The van der Waals surface area contributed by atoms with Crippen LogP contribution in [0.3, 0.4) is 0 Å². The molecule has 3 atom stereocenters. The molecule has 0 aliphatic rings. The molecule has 0 aliphatic carbocycles. The molecule has 0 amide bonds. The maximum Gasteiger partial charge on any atom is 0.472 e. The van der Waals surface area contributed by atoms with Crippen molar-refractivity contribution >= 4 is 19.8 Å². The lowest BCUT2D eigenvalue weighted by molar-refractivity contribution is -0.153. The minimum Gasteiger partial charge on any atom is -0.457 e. The number of unbranched alkanes of at least 4 members (excludes halogenated alkanes) is 20. The number of allylic oxidation sites excluding steroid dienone is 6. The first-order chi connectivity index (χ1) is 26.3. The third-order valence-electron chi connectivity index (χ3n) is 9.07. The molecule has 0 aromatic rings. The molecule has 3 N–H and O–H groups in total. The number of rotatable bonds is 40.